The summed E-state index contributed by atoms with van der Waals surface area (Å²) in [6.45, 7) is 2.75. The molecule has 1 aromatic carbocycles. The smallest absolute Gasteiger partial charge is 0.302 e. The fourth-order valence-electron chi connectivity index (χ4n) is 3.77. The van der Waals surface area contributed by atoms with E-state index >= 15 is 0 Å². The highest BCUT2D eigenvalue weighted by Gasteiger charge is 2.21. The number of nitrogens with one attached hydrogen (secondary N) is 1. The molecule has 0 spiro atoms. The number of likely N-dealkylation sites (N-methyl/N-ethyl adjacent to an activating group) is 1. The molecule has 192 valence electrons. The van der Waals surface area contributed by atoms with Crippen LogP contribution in [-0.2, 0) is 23.9 Å². The molecule has 0 bridgehead atoms. The van der Waals surface area contributed by atoms with E-state index in [0.29, 0.717) is 44.0 Å². The predicted molar refractivity (Wildman–Crippen MR) is 133 cm³/mol. The summed E-state index contributed by atoms with van der Waals surface area (Å²) in [5.41, 5.74) is 3.04. The van der Waals surface area contributed by atoms with Gasteiger partial charge >= 0.3 is 5.97 Å². The van der Waals surface area contributed by atoms with Crippen molar-refractivity contribution in [3.05, 3.63) is 41.1 Å². The average molecular weight is 488 g/mol. The summed E-state index contributed by atoms with van der Waals surface area (Å²) in [6.07, 6.45) is 4.06. The van der Waals surface area contributed by atoms with E-state index in [9.17, 15) is 19.2 Å². The summed E-state index contributed by atoms with van der Waals surface area (Å²) in [5, 5.41) is 3.15. The molecule has 0 unspecified atom stereocenters. The van der Waals surface area contributed by atoms with Crippen LogP contribution in [0.5, 0.6) is 0 Å². The zero-order chi connectivity index (χ0) is 25.8. The lowest BCUT2D eigenvalue weighted by atomic mass is 9.90. The summed E-state index contributed by atoms with van der Waals surface area (Å²) < 4.78 is 10.2. The van der Waals surface area contributed by atoms with E-state index in [0.717, 1.165) is 37.0 Å². The number of hydrogen-bond donors (Lipinski definition) is 1. The zero-order valence-electron chi connectivity index (χ0n) is 21.2. The molecule has 9 nitrogen and oxygen atoms in total. The second-order valence-corrected chi connectivity index (χ2v) is 8.54. The number of esters is 1. The van der Waals surface area contributed by atoms with Gasteiger partial charge in [-0.3, -0.25) is 19.2 Å². The Kier molecular flexibility index (Phi) is 11.4. The second kappa shape index (κ2) is 14.3. The third-order valence-corrected chi connectivity index (χ3v) is 5.97. The fraction of sp³-hybridized carbons (Fsp3) is 0.538. The number of benzene rings is 1. The zero-order valence-corrected chi connectivity index (χ0v) is 21.2. The maximum absolute atomic E-state index is 12.9. The van der Waals surface area contributed by atoms with Crippen LogP contribution in [0.15, 0.2) is 35.5 Å². The largest absolute Gasteiger partial charge is 0.466 e. The first-order valence-electron chi connectivity index (χ1n) is 12.0. The number of nitrogens with zero attached hydrogens (tertiary/aromatic N) is 2. The molecule has 2 amide bonds. The molecule has 0 aliphatic heterocycles. The average Bonchev–Trinajstić information content (AvgIpc) is 2.86. The minimum Gasteiger partial charge on any atom is -0.466 e. The predicted octanol–water partition coefficient (Wildman–Crippen LogP) is 2.70. The first kappa shape index (κ1) is 28.0. The van der Waals surface area contributed by atoms with Gasteiger partial charge in [0.1, 0.15) is 6.42 Å². The Bertz CT molecular complexity index is 926. The Morgan fingerprint density at radius 1 is 0.943 bits per heavy atom. The SMILES string of the molecule is CNC1=C(C(=O)c2ccc(N(C)C(=O)CC(=O)N(C)CCOCCCOC(C)=O)cc2)CCCC1. The highest BCUT2D eigenvalue weighted by molar-refractivity contribution is 6.10. The van der Waals surface area contributed by atoms with Gasteiger partial charge in [0.15, 0.2) is 5.78 Å². The van der Waals surface area contributed by atoms with Gasteiger partial charge < -0.3 is 24.6 Å². The van der Waals surface area contributed by atoms with Crippen LogP contribution in [0.25, 0.3) is 0 Å². The number of rotatable bonds is 13. The van der Waals surface area contributed by atoms with Crippen molar-refractivity contribution in [1.82, 2.24) is 10.2 Å². The summed E-state index contributed by atoms with van der Waals surface area (Å²) >= 11 is 0. The number of ketones is 1. The van der Waals surface area contributed by atoms with Gasteiger partial charge in [-0.05, 0) is 49.9 Å². The molecule has 0 saturated carbocycles. The van der Waals surface area contributed by atoms with E-state index < -0.39 is 0 Å². The van der Waals surface area contributed by atoms with Crippen LogP contribution < -0.4 is 10.2 Å². The van der Waals surface area contributed by atoms with Crippen LogP contribution in [0.2, 0.25) is 0 Å². The number of ether oxygens (including phenoxy) is 2. The van der Waals surface area contributed by atoms with Crippen molar-refractivity contribution in [1.29, 1.82) is 0 Å². The van der Waals surface area contributed by atoms with Gasteiger partial charge in [0, 0.05) is 70.2 Å². The van der Waals surface area contributed by atoms with Crippen molar-refractivity contribution in [2.75, 3.05) is 52.4 Å². The first-order valence-corrected chi connectivity index (χ1v) is 12.0. The summed E-state index contributed by atoms with van der Waals surface area (Å²) in [7, 11) is 5.08. The highest BCUT2D eigenvalue weighted by atomic mass is 16.5. The lowest BCUT2D eigenvalue weighted by Crippen LogP contribution is -2.36. The number of Topliss-reactive ketones (excluding diaryl/α,β-unsaturated/α-hetero) is 1. The van der Waals surface area contributed by atoms with Crippen LogP contribution in [0.1, 0.15) is 55.8 Å². The molecule has 0 atom stereocenters. The maximum Gasteiger partial charge on any atom is 0.302 e. The molecule has 9 heteroatoms. The van der Waals surface area contributed by atoms with Gasteiger partial charge in [0.05, 0.1) is 13.2 Å². The third-order valence-electron chi connectivity index (χ3n) is 5.97. The normalized spacial score (nSPS) is 13.3. The minimum atomic E-state index is -0.337. The number of amides is 2. The van der Waals surface area contributed by atoms with Gasteiger partial charge in [-0.15, -0.1) is 0 Å². The summed E-state index contributed by atoms with van der Waals surface area (Å²) in [5.74, 6) is -0.953. The van der Waals surface area contributed by atoms with E-state index in [4.69, 9.17) is 9.47 Å². The molecular weight excluding hydrogens is 450 g/mol. The molecule has 1 N–H and O–H groups in total. The Labute approximate surface area is 207 Å². The Hall–Kier alpha value is -3.20. The summed E-state index contributed by atoms with van der Waals surface area (Å²) in [4.78, 5) is 51.6. The van der Waals surface area contributed by atoms with E-state index in [1.165, 1.54) is 16.7 Å². The van der Waals surface area contributed by atoms with Crippen molar-refractivity contribution < 1.29 is 28.7 Å². The Morgan fingerprint density at radius 2 is 1.63 bits per heavy atom. The number of allylic oxidation sites excluding steroid dienone is 2. The molecule has 1 aliphatic rings. The van der Waals surface area contributed by atoms with Gasteiger partial charge in [-0.2, -0.15) is 0 Å². The van der Waals surface area contributed by atoms with Crippen molar-refractivity contribution >= 4 is 29.3 Å². The van der Waals surface area contributed by atoms with Crippen LogP contribution in [0, 0.1) is 0 Å². The number of hydrogen-bond acceptors (Lipinski definition) is 7. The van der Waals surface area contributed by atoms with E-state index in [-0.39, 0.29) is 30.0 Å². The number of carbonyl (C=O) groups excluding carboxylic acids is 4. The summed E-state index contributed by atoms with van der Waals surface area (Å²) in [6, 6.07) is 6.91. The number of carbonyl (C=O) groups is 4. The third kappa shape index (κ3) is 8.83. The number of anilines is 1. The molecule has 2 rings (SSSR count). The Morgan fingerprint density at radius 3 is 2.29 bits per heavy atom. The topological polar surface area (TPSA) is 105 Å². The van der Waals surface area contributed by atoms with Crippen molar-refractivity contribution in [2.24, 2.45) is 0 Å². The van der Waals surface area contributed by atoms with E-state index in [1.807, 2.05) is 7.05 Å². The quantitative estimate of drug-likeness (QED) is 0.197. The molecule has 0 heterocycles. The van der Waals surface area contributed by atoms with Crippen molar-refractivity contribution in [2.45, 2.75) is 45.4 Å². The molecule has 0 fully saturated rings. The van der Waals surface area contributed by atoms with Gasteiger partial charge in [-0.25, -0.2) is 0 Å². The lowest BCUT2D eigenvalue weighted by Gasteiger charge is -2.21. The standard InChI is InChI=1S/C26H37N3O6/c1-19(30)35-16-7-15-34-17-14-28(3)24(31)18-25(32)29(4)21-12-10-20(11-13-21)26(33)22-8-5-6-9-23(22)27-2/h10-13,27H,5-9,14-18H2,1-4H3. The van der Waals surface area contributed by atoms with Gasteiger partial charge in [-0.1, -0.05) is 0 Å². The molecule has 1 aromatic rings. The first-order chi connectivity index (χ1) is 16.7. The van der Waals surface area contributed by atoms with Crippen LogP contribution >= 0.6 is 0 Å². The van der Waals surface area contributed by atoms with Crippen LogP contribution in [0.4, 0.5) is 5.69 Å². The van der Waals surface area contributed by atoms with Gasteiger partial charge in [0.2, 0.25) is 11.8 Å². The molecular formula is C26H37N3O6. The molecule has 35 heavy (non-hydrogen) atoms. The van der Waals surface area contributed by atoms with Crippen molar-refractivity contribution in [3.63, 3.8) is 0 Å². The second-order valence-electron chi connectivity index (χ2n) is 8.54. The highest BCUT2D eigenvalue weighted by Crippen LogP contribution is 2.26. The van der Waals surface area contributed by atoms with E-state index in [2.05, 4.69) is 5.32 Å². The van der Waals surface area contributed by atoms with Gasteiger partial charge in [0.25, 0.3) is 0 Å². The fourth-order valence-corrected chi connectivity index (χ4v) is 3.77. The maximum atomic E-state index is 12.9. The van der Waals surface area contributed by atoms with Crippen LogP contribution in [-0.4, -0.2) is 76.0 Å². The molecule has 1 aliphatic carbocycles. The monoisotopic (exact) mass is 487 g/mol. The van der Waals surface area contributed by atoms with Crippen LogP contribution in [0.3, 0.4) is 0 Å². The minimum absolute atomic E-state index is 0.0139. The van der Waals surface area contributed by atoms with Crippen molar-refractivity contribution in [3.8, 4) is 0 Å². The molecule has 0 radical (unpaired) electrons. The molecule has 0 aromatic heterocycles. The van der Waals surface area contributed by atoms with E-state index in [1.54, 1.807) is 38.4 Å². The Balaban J connectivity index is 1.82. The molecule has 0 saturated heterocycles. The lowest BCUT2D eigenvalue weighted by molar-refractivity contribution is -0.141.